The summed E-state index contributed by atoms with van der Waals surface area (Å²) in [5.74, 6) is 0. The normalized spacial score (nSPS) is 11.8. The van der Waals surface area contributed by atoms with Crippen LogP contribution in [-0.2, 0) is 20.8 Å². The molecule has 16 heavy (non-hydrogen) atoms. The lowest BCUT2D eigenvalue weighted by Crippen LogP contribution is -2.23. The van der Waals surface area contributed by atoms with Gasteiger partial charge in [-0.1, -0.05) is 0 Å². The van der Waals surface area contributed by atoms with Gasteiger partial charge in [0.15, 0.2) is 0 Å². The van der Waals surface area contributed by atoms with Crippen LogP contribution < -0.4 is 0 Å². The maximum atomic E-state index is 11.1. The largest absolute Gasteiger partial charge is 0.523 e. The summed E-state index contributed by atoms with van der Waals surface area (Å²) >= 11 is 0. The Balaban J connectivity index is 0.000000288. The summed E-state index contributed by atoms with van der Waals surface area (Å²) in [5, 5.41) is 0. The van der Waals surface area contributed by atoms with E-state index >= 15 is 0 Å². The van der Waals surface area contributed by atoms with Crippen LogP contribution in [0.5, 0.6) is 0 Å². The number of hydrogen-bond donors (Lipinski definition) is 0. The Labute approximate surface area is 91.0 Å². The predicted octanol–water partition coefficient (Wildman–Crippen LogP) is 1.39. The summed E-state index contributed by atoms with van der Waals surface area (Å²) in [7, 11) is -4.89. The van der Waals surface area contributed by atoms with Gasteiger partial charge < -0.3 is 4.57 Å². The standard InChI is InChI=1S/C5H8N2.C2H3F3O3S/c1-2-7-4-3-6-5-7;1-8-9(6,7)2(3,4)5/h3-5H,2H2,1H3;1H3. The van der Waals surface area contributed by atoms with Gasteiger partial charge in [-0.2, -0.15) is 21.6 Å². The molecule has 0 saturated carbocycles. The maximum Gasteiger partial charge on any atom is 0.523 e. The molecule has 1 aromatic rings. The van der Waals surface area contributed by atoms with Crippen molar-refractivity contribution in [2.24, 2.45) is 0 Å². The van der Waals surface area contributed by atoms with E-state index in [9.17, 15) is 21.6 Å². The summed E-state index contributed by atoms with van der Waals surface area (Å²) in [6, 6.07) is 0. The average molecular weight is 260 g/mol. The molecule has 1 heterocycles. The lowest BCUT2D eigenvalue weighted by molar-refractivity contribution is -0.0526. The van der Waals surface area contributed by atoms with E-state index in [1.165, 1.54) is 0 Å². The maximum absolute atomic E-state index is 11.1. The average Bonchev–Trinajstić information content (AvgIpc) is 2.69. The Morgan fingerprint density at radius 3 is 2.12 bits per heavy atom. The fourth-order valence-electron chi connectivity index (χ4n) is 0.568. The van der Waals surface area contributed by atoms with Gasteiger partial charge in [0.05, 0.1) is 13.4 Å². The third-order valence-electron chi connectivity index (χ3n) is 1.43. The molecular formula is C7H11F3N2O3S. The van der Waals surface area contributed by atoms with E-state index in [0.29, 0.717) is 7.11 Å². The SMILES string of the molecule is CCn1ccnc1.COS(=O)(=O)C(F)(F)F. The number of aromatic nitrogens is 2. The third-order valence-corrected chi connectivity index (χ3v) is 2.43. The second kappa shape index (κ2) is 5.85. The Morgan fingerprint density at radius 2 is 2.00 bits per heavy atom. The first-order valence-electron chi connectivity index (χ1n) is 4.07. The molecule has 0 atom stereocenters. The number of aryl methyl sites for hydroxylation is 1. The van der Waals surface area contributed by atoms with E-state index < -0.39 is 15.6 Å². The summed E-state index contributed by atoms with van der Waals surface area (Å²) in [5.41, 5.74) is -5.30. The fraction of sp³-hybridized carbons (Fsp3) is 0.571. The Hall–Kier alpha value is -1.09. The summed E-state index contributed by atoms with van der Waals surface area (Å²) in [6.45, 7) is 3.10. The van der Waals surface area contributed by atoms with E-state index in [-0.39, 0.29) is 0 Å². The zero-order valence-electron chi connectivity index (χ0n) is 8.60. The summed E-state index contributed by atoms with van der Waals surface area (Å²) in [6.07, 6.45) is 5.53. The molecule has 0 aromatic carbocycles. The predicted molar refractivity (Wildman–Crippen MR) is 49.9 cm³/mol. The van der Waals surface area contributed by atoms with Crippen molar-refractivity contribution >= 4 is 10.1 Å². The molecule has 0 saturated heterocycles. The molecule has 0 amide bonds. The number of alkyl halides is 3. The molecule has 0 spiro atoms. The van der Waals surface area contributed by atoms with Crippen LogP contribution in [0.25, 0.3) is 0 Å². The minimum absolute atomic E-state index is 0.447. The lowest BCUT2D eigenvalue weighted by atomic mass is 10.7. The molecule has 9 heteroatoms. The zero-order valence-corrected chi connectivity index (χ0v) is 9.42. The van der Waals surface area contributed by atoms with Crippen molar-refractivity contribution in [1.82, 2.24) is 9.55 Å². The highest BCUT2D eigenvalue weighted by molar-refractivity contribution is 7.87. The topological polar surface area (TPSA) is 61.2 Å². The number of nitrogens with zero attached hydrogens (tertiary/aromatic N) is 2. The minimum atomic E-state index is -5.34. The first-order valence-corrected chi connectivity index (χ1v) is 5.48. The first-order chi connectivity index (χ1) is 7.24. The summed E-state index contributed by atoms with van der Waals surface area (Å²) < 4.78 is 57.9. The van der Waals surface area contributed by atoms with Crippen LogP contribution in [0.1, 0.15) is 6.92 Å². The van der Waals surface area contributed by atoms with Crippen LogP contribution in [0.4, 0.5) is 13.2 Å². The van der Waals surface area contributed by atoms with Gasteiger partial charge in [-0.3, -0.25) is 4.18 Å². The van der Waals surface area contributed by atoms with Gasteiger partial charge in [0.1, 0.15) is 0 Å². The van der Waals surface area contributed by atoms with Gasteiger partial charge >= 0.3 is 15.6 Å². The van der Waals surface area contributed by atoms with Crippen LogP contribution in [0.3, 0.4) is 0 Å². The van der Waals surface area contributed by atoms with Crippen molar-refractivity contribution in [3.8, 4) is 0 Å². The molecule has 0 bridgehead atoms. The smallest absolute Gasteiger partial charge is 0.338 e. The molecule has 0 fully saturated rings. The van der Waals surface area contributed by atoms with Crippen LogP contribution in [0.2, 0.25) is 0 Å². The second-order valence-electron chi connectivity index (χ2n) is 2.46. The van der Waals surface area contributed by atoms with Crippen molar-refractivity contribution in [1.29, 1.82) is 0 Å². The minimum Gasteiger partial charge on any atom is -0.338 e. The summed E-state index contributed by atoms with van der Waals surface area (Å²) in [4.78, 5) is 3.86. The van der Waals surface area contributed by atoms with E-state index in [2.05, 4.69) is 16.1 Å². The number of imidazole rings is 1. The third kappa shape index (κ3) is 4.62. The van der Waals surface area contributed by atoms with Crippen molar-refractivity contribution < 1.29 is 25.8 Å². The van der Waals surface area contributed by atoms with E-state index in [0.717, 1.165) is 6.54 Å². The zero-order chi connectivity index (χ0) is 12.8. The molecule has 0 unspecified atom stereocenters. The molecule has 1 aromatic heterocycles. The highest BCUT2D eigenvalue weighted by Gasteiger charge is 2.46. The Bertz CT molecular complexity index is 386. The first kappa shape index (κ1) is 14.9. The highest BCUT2D eigenvalue weighted by Crippen LogP contribution is 2.23. The quantitative estimate of drug-likeness (QED) is 0.595. The van der Waals surface area contributed by atoms with Crippen molar-refractivity contribution in [3.63, 3.8) is 0 Å². The van der Waals surface area contributed by atoms with Gasteiger partial charge in [-0.15, -0.1) is 0 Å². The van der Waals surface area contributed by atoms with E-state index in [1.807, 2.05) is 10.8 Å². The number of rotatable bonds is 2. The van der Waals surface area contributed by atoms with E-state index in [4.69, 9.17) is 0 Å². The van der Waals surface area contributed by atoms with Gasteiger partial charge in [-0.05, 0) is 6.92 Å². The van der Waals surface area contributed by atoms with Gasteiger partial charge in [0.2, 0.25) is 0 Å². The second-order valence-corrected chi connectivity index (χ2v) is 4.16. The van der Waals surface area contributed by atoms with Crippen LogP contribution in [0, 0.1) is 0 Å². The molecule has 94 valence electrons. The number of halogens is 3. The molecular weight excluding hydrogens is 249 g/mol. The highest BCUT2D eigenvalue weighted by atomic mass is 32.2. The Kier molecular flexibility index (Phi) is 5.45. The van der Waals surface area contributed by atoms with Crippen LogP contribution in [0.15, 0.2) is 18.7 Å². The van der Waals surface area contributed by atoms with E-state index in [1.54, 1.807) is 12.5 Å². The molecule has 1 rings (SSSR count). The lowest BCUT2D eigenvalue weighted by Gasteiger charge is -2.02. The van der Waals surface area contributed by atoms with Crippen molar-refractivity contribution in [2.45, 2.75) is 19.0 Å². The van der Waals surface area contributed by atoms with Crippen LogP contribution in [-0.4, -0.2) is 30.6 Å². The van der Waals surface area contributed by atoms with Crippen LogP contribution >= 0.6 is 0 Å². The molecule has 0 aliphatic heterocycles. The monoisotopic (exact) mass is 260 g/mol. The van der Waals surface area contributed by atoms with Gasteiger partial charge in [0.25, 0.3) is 0 Å². The molecule has 5 nitrogen and oxygen atoms in total. The fourth-order valence-corrected chi connectivity index (χ4v) is 0.757. The molecule has 0 N–H and O–H groups in total. The van der Waals surface area contributed by atoms with Gasteiger partial charge in [-0.25, -0.2) is 4.98 Å². The van der Waals surface area contributed by atoms with Gasteiger partial charge in [0, 0.05) is 18.9 Å². The van der Waals surface area contributed by atoms with Crippen molar-refractivity contribution in [3.05, 3.63) is 18.7 Å². The number of hydrogen-bond acceptors (Lipinski definition) is 4. The van der Waals surface area contributed by atoms with Crippen molar-refractivity contribution in [2.75, 3.05) is 7.11 Å². The molecule has 0 aliphatic carbocycles. The molecule has 0 aliphatic rings. The Morgan fingerprint density at radius 1 is 1.44 bits per heavy atom. The molecule has 0 radical (unpaired) electrons.